The van der Waals surface area contributed by atoms with E-state index in [0.29, 0.717) is 30.7 Å². The number of carbonyl (C=O) groups excluding carboxylic acids is 1. The first-order valence-electron chi connectivity index (χ1n) is 7.68. The summed E-state index contributed by atoms with van der Waals surface area (Å²) in [6.45, 7) is 2.03. The molecule has 24 heavy (non-hydrogen) atoms. The van der Waals surface area contributed by atoms with Gasteiger partial charge in [-0.2, -0.15) is 0 Å². The van der Waals surface area contributed by atoms with Crippen molar-refractivity contribution in [2.45, 2.75) is 31.1 Å². The van der Waals surface area contributed by atoms with Gasteiger partial charge in [-0.15, -0.1) is 0 Å². The van der Waals surface area contributed by atoms with Crippen molar-refractivity contribution in [3.63, 3.8) is 0 Å². The maximum atomic E-state index is 12.4. The van der Waals surface area contributed by atoms with E-state index in [9.17, 15) is 13.2 Å². The Balaban J connectivity index is 1.72. The number of carbonyl (C=O) groups is 1. The zero-order valence-corrected chi connectivity index (χ0v) is 14.4. The molecule has 1 aromatic heterocycles. The second kappa shape index (κ2) is 6.37. The lowest BCUT2D eigenvalue weighted by atomic mass is 10.0. The van der Waals surface area contributed by atoms with Crippen molar-refractivity contribution in [3.8, 4) is 0 Å². The van der Waals surface area contributed by atoms with Crippen LogP contribution in [0.2, 0.25) is 0 Å². The van der Waals surface area contributed by atoms with Gasteiger partial charge in [-0.05, 0) is 37.1 Å². The van der Waals surface area contributed by atoms with Crippen LogP contribution in [0.25, 0.3) is 0 Å². The second-order valence-corrected chi connectivity index (χ2v) is 7.59. The number of sulfonamides is 1. The van der Waals surface area contributed by atoms with Crippen molar-refractivity contribution in [3.05, 3.63) is 41.3 Å². The van der Waals surface area contributed by atoms with Gasteiger partial charge in [-0.1, -0.05) is 5.16 Å². The molecule has 1 N–H and O–H groups in total. The maximum Gasteiger partial charge on any atom is 0.240 e. The van der Waals surface area contributed by atoms with Crippen LogP contribution in [0.5, 0.6) is 0 Å². The van der Waals surface area contributed by atoms with Crippen LogP contribution in [0.1, 0.15) is 23.4 Å². The first kappa shape index (κ1) is 16.7. The minimum absolute atomic E-state index is 0.0409. The number of anilines is 1. The van der Waals surface area contributed by atoms with E-state index in [-0.39, 0.29) is 17.3 Å². The minimum atomic E-state index is -3.60. The van der Waals surface area contributed by atoms with Gasteiger partial charge in [-0.25, -0.2) is 13.1 Å². The van der Waals surface area contributed by atoms with Crippen LogP contribution in [-0.4, -0.2) is 33.1 Å². The number of rotatable bonds is 5. The van der Waals surface area contributed by atoms with E-state index in [2.05, 4.69) is 9.88 Å². The number of nitrogens with zero attached hydrogens (tertiary/aromatic N) is 2. The summed E-state index contributed by atoms with van der Waals surface area (Å²) >= 11 is 0. The third-order valence-corrected chi connectivity index (χ3v) is 5.51. The molecular weight excluding hydrogens is 330 g/mol. The number of nitrogens with one attached hydrogen (secondary N) is 1. The number of benzene rings is 1. The maximum absolute atomic E-state index is 12.4. The third-order valence-electron chi connectivity index (χ3n) is 4.05. The van der Waals surface area contributed by atoms with Crippen LogP contribution in [0.15, 0.2) is 33.7 Å². The molecule has 1 aliphatic heterocycles. The number of aromatic nitrogens is 1. The van der Waals surface area contributed by atoms with Gasteiger partial charge < -0.3 is 9.42 Å². The number of amides is 1. The Labute approximate surface area is 140 Å². The zero-order valence-electron chi connectivity index (χ0n) is 13.6. The molecule has 2 aromatic rings. The molecule has 0 aliphatic carbocycles. The monoisotopic (exact) mass is 349 g/mol. The molecule has 0 spiro atoms. The molecule has 0 radical (unpaired) electrons. The quantitative estimate of drug-likeness (QED) is 0.881. The van der Waals surface area contributed by atoms with Gasteiger partial charge in [0.2, 0.25) is 15.9 Å². The minimum Gasteiger partial charge on any atom is -0.361 e. The highest BCUT2D eigenvalue weighted by atomic mass is 32.2. The molecular formula is C16H19N3O4S. The van der Waals surface area contributed by atoms with Crippen LogP contribution in [0.4, 0.5) is 5.69 Å². The van der Waals surface area contributed by atoms with E-state index in [1.807, 2.05) is 0 Å². The average Bonchev–Trinajstić information content (AvgIpc) is 2.96. The summed E-state index contributed by atoms with van der Waals surface area (Å²) in [7, 11) is -1.90. The van der Waals surface area contributed by atoms with Crippen LogP contribution in [0, 0.1) is 6.92 Å². The number of aryl methyl sites for hydroxylation is 2. The molecule has 0 bridgehead atoms. The topological polar surface area (TPSA) is 92.5 Å². The van der Waals surface area contributed by atoms with Crippen molar-refractivity contribution < 1.29 is 17.7 Å². The van der Waals surface area contributed by atoms with E-state index in [0.717, 1.165) is 11.3 Å². The Kier molecular flexibility index (Phi) is 4.42. The summed E-state index contributed by atoms with van der Waals surface area (Å²) in [4.78, 5) is 13.5. The molecule has 1 aromatic carbocycles. The van der Waals surface area contributed by atoms with Gasteiger partial charge in [0.15, 0.2) is 0 Å². The normalized spacial score (nSPS) is 14.8. The smallest absolute Gasteiger partial charge is 0.240 e. The largest absolute Gasteiger partial charge is 0.361 e. The lowest BCUT2D eigenvalue weighted by Crippen LogP contribution is -2.31. The summed E-state index contributed by atoms with van der Waals surface area (Å²) in [5.41, 5.74) is 2.34. The SMILES string of the molecule is Cc1cc(CCNS(=O)(=O)c2ccc3c(c2)CCC(=O)N3C)no1. The fraction of sp³-hybridized carbons (Fsp3) is 0.375. The van der Waals surface area contributed by atoms with Crippen LogP contribution < -0.4 is 9.62 Å². The van der Waals surface area contributed by atoms with Crippen molar-refractivity contribution in [1.29, 1.82) is 0 Å². The number of hydrogen-bond acceptors (Lipinski definition) is 5. The van der Waals surface area contributed by atoms with Gasteiger partial charge >= 0.3 is 0 Å². The molecule has 0 atom stereocenters. The number of hydrogen-bond donors (Lipinski definition) is 1. The van der Waals surface area contributed by atoms with E-state index < -0.39 is 10.0 Å². The van der Waals surface area contributed by atoms with Gasteiger partial charge in [-0.3, -0.25) is 4.79 Å². The molecule has 1 amide bonds. The van der Waals surface area contributed by atoms with Gasteiger partial charge in [0.1, 0.15) is 5.76 Å². The molecule has 128 valence electrons. The van der Waals surface area contributed by atoms with Crippen LogP contribution >= 0.6 is 0 Å². The Bertz CT molecular complexity index is 873. The molecule has 2 heterocycles. The fourth-order valence-corrected chi connectivity index (χ4v) is 3.81. The Morgan fingerprint density at radius 3 is 2.79 bits per heavy atom. The lowest BCUT2D eigenvalue weighted by molar-refractivity contribution is -0.118. The number of fused-ring (bicyclic) bond motifs is 1. The first-order chi connectivity index (χ1) is 11.4. The lowest BCUT2D eigenvalue weighted by Gasteiger charge is -2.26. The highest BCUT2D eigenvalue weighted by molar-refractivity contribution is 7.89. The Morgan fingerprint density at radius 1 is 1.29 bits per heavy atom. The zero-order chi connectivity index (χ0) is 17.3. The van der Waals surface area contributed by atoms with E-state index in [4.69, 9.17) is 4.52 Å². The summed E-state index contributed by atoms with van der Waals surface area (Å²) in [6.07, 6.45) is 1.41. The predicted molar refractivity (Wildman–Crippen MR) is 88.3 cm³/mol. The summed E-state index contributed by atoms with van der Waals surface area (Å²) in [6, 6.07) is 6.62. The van der Waals surface area contributed by atoms with Crippen LogP contribution in [-0.2, 0) is 27.7 Å². The molecule has 0 saturated heterocycles. The average molecular weight is 349 g/mol. The standard InChI is InChI=1S/C16H19N3O4S/c1-11-9-13(18-23-11)7-8-17-24(21,22)14-4-5-15-12(10-14)3-6-16(20)19(15)2/h4-5,9-10,17H,3,6-8H2,1-2H3. The molecule has 0 unspecified atom stereocenters. The molecule has 0 saturated carbocycles. The van der Waals surface area contributed by atoms with Crippen molar-refractivity contribution >= 4 is 21.6 Å². The first-order valence-corrected chi connectivity index (χ1v) is 9.16. The molecule has 7 nitrogen and oxygen atoms in total. The molecule has 0 fully saturated rings. The third kappa shape index (κ3) is 3.34. The van der Waals surface area contributed by atoms with Crippen LogP contribution in [0.3, 0.4) is 0 Å². The fourth-order valence-electron chi connectivity index (χ4n) is 2.73. The molecule has 1 aliphatic rings. The molecule has 8 heteroatoms. The summed E-state index contributed by atoms with van der Waals surface area (Å²) in [5.74, 6) is 0.736. The van der Waals surface area contributed by atoms with Gasteiger partial charge in [0, 0.05) is 38.2 Å². The van der Waals surface area contributed by atoms with Crippen molar-refractivity contribution in [2.24, 2.45) is 0 Å². The Hall–Kier alpha value is -2.19. The second-order valence-electron chi connectivity index (χ2n) is 5.82. The highest BCUT2D eigenvalue weighted by Crippen LogP contribution is 2.28. The van der Waals surface area contributed by atoms with E-state index in [1.165, 1.54) is 6.07 Å². The summed E-state index contributed by atoms with van der Waals surface area (Å²) in [5, 5.41) is 3.83. The van der Waals surface area contributed by atoms with E-state index in [1.54, 1.807) is 37.1 Å². The predicted octanol–water partition coefficient (Wildman–Crippen LogP) is 1.41. The molecule has 3 rings (SSSR count). The van der Waals surface area contributed by atoms with E-state index >= 15 is 0 Å². The summed E-state index contributed by atoms with van der Waals surface area (Å²) < 4.78 is 32.4. The highest BCUT2D eigenvalue weighted by Gasteiger charge is 2.23. The van der Waals surface area contributed by atoms with Crippen molar-refractivity contribution in [2.75, 3.05) is 18.5 Å². The van der Waals surface area contributed by atoms with Crippen molar-refractivity contribution in [1.82, 2.24) is 9.88 Å². The van der Waals surface area contributed by atoms with Gasteiger partial charge in [0.25, 0.3) is 0 Å². The van der Waals surface area contributed by atoms with Gasteiger partial charge in [0.05, 0.1) is 10.6 Å². The Morgan fingerprint density at radius 2 is 2.08 bits per heavy atom.